The van der Waals surface area contributed by atoms with Gasteiger partial charge in [-0.3, -0.25) is 0 Å². The first-order valence-electron chi connectivity index (χ1n) is 20.5. The predicted octanol–water partition coefficient (Wildman–Crippen LogP) is 15.5. The van der Waals surface area contributed by atoms with Crippen molar-refractivity contribution in [2.24, 2.45) is 0 Å². The number of benzene rings is 8. The Morgan fingerprint density at radius 1 is 0.474 bits per heavy atom. The Hall–Kier alpha value is -6.44. The molecule has 0 fully saturated rings. The molecule has 1 heteroatoms. The summed E-state index contributed by atoms with van der Waals surface area (Å²) in [4.78, 5) is 2.56. The average molecular weight is 732 g/mol. The number of para-hydroxylation sites is 1. The molecule has 3 aliphatic carbocycles. The van der Waals surface area contributed by atoms with Gasteiger partial charge in [0.15, 0.2) is 0 Å². The molecule has 57 heavy (non-hydrogen) atoms. The quantitative estimate of drug-likeness (QED) is 0.159. The number of fused-ring (bicyclic) bond motifs is 8. The van der Waals surface area contributed by atoms with Gasteiger partial charge in [-0.15, -0.1) is 0 Å². The third-order valence-electron chi connectivity index (χ3n) is 13.3. The number of rotatable bonds is 5. The Morgan fingerprint density at radius 2 is 1.11 bits per heavy atom. The maximum atomic E-state index is 2.56. The van der Waals surface area contributed by atoms with Crippen LogP contribution in [0, 0.1) is 0 Å². The number of allylic oxidation sites excluding steroid dienone is 4. The Kier molecular flexibility index (Phi) is 7.45. The third-order valence-corrected chi connectivity index (χ3v) is 13.3. The fourth-order valence-corrected chi connectivity index (χ4v) is 10.7. The minimum Gasteiger partial charge on any atom is -0.310 e. The smallest absolute Gasteiger partial charge is 0.0540 e. The fraction of sp³-hybridized carbons (Fsp3) is 0.143. The van der Waals surface area contributed by atoms with Gasteiger partial charge in [0.05, 0.1) is 11.4 Å². The van der Waals surface area contributed by atoms with Crippen molar-refractivity contribution in [2.45, 2.75) is 51.4 Å². The van der Waals surface area contributed by atoms with Crippen molar-refractivity contribution in [1.82, 2.24) is 0 Å². The lowest BCUT2D eigenvalue weighted by Gasteiger charge is -2.33. The van der Waals surface area contributed by atoms with Gasteiger partial charge < -0.3 is 4.90 Å². The van der Waals surface area contributed by atoms with Crippen LogP contribution in [0.1, 0.15) is 62.8 Å². The van der Waals surface area contributed by atoms with Crippen LogP contribution >= 0.6 is 0 Å². The molecule has 274 valence electrons. The van der Waals surface area contributed by atoms with E-state index in [4.69, 9.17) is 0 Å². The van der Waals surface area contributed by atoms with Crippen LogP contribution in [0.15, 0.2) is 182 Å². The number of anilines is 3. The standard InChI is InChI=1S/C56H45N/c1-55(2)49-27-13-10-23-46(49)53-44(24-15-28-50(53)55)43-22-11-14-29-51(43)57(52-30-16-25-45-42-21-9-12-26-48(42)56(3,4)54(45)52)38-33-31-36(32-34-38)47-35-37-17-5-6-18-39(37)40-19-7-8-20-41(40)47/h5-9,11-22,24-35H,10,23H2,1-4H3. The van der Waals surface area contributed by atoms with E-state index in [1.807, 2.05) is 0 Å². The first-order chi connectivity index (χ1) is 27.8. The zero-order valence-electron chi connectivity index (χ0n) is 33.1. The highest BCUT2D eigenvalue weighted by molar-refractivity contribution is 6.14. The maximum Gasteiger partial charge on any atom is 0.0540 e. The molecule has 0 aromatic heterocycles. The van der Waals surface area contributed by atoms with Crippen molar-refractivity contribution in [3.05, 3.63) is 204 Å². The molecule has 0 saturated heterocycles. The number of nitrogens with zero attached hydrogens (tertiary/aromatic N) is 1. The van der Waals surface area contributed by atoms with E-state index in [1.54, 1.807) is 0 Å². The van der Waals surface area contributed by atoms with Crippen LogP contribution in [0.25, 0.3) is 60.5 Å². The van der Waals surface area contributed by atoms with Gasteiger partial charge in [-0.1, -0.05) is 173 Å². The first kappa shape index (κ1) is 33.9. The van der Waals surface area contributed by atoms with E-state index in [0.717, 1.165) is 18.5 Å². The van der Waals surface area contributed by atoms with Crippen molar-refractivity contribution in [3.63, 3.8) is 0 Å². The lowest BCUT2D eigenvalue weighted by atomic mass is 9.80. The maximum absolute atomic E-state index is 2.56. The van der Waals surface area contributed by atoms with Crippen LogP contribution in [-0.4, -0.2) is 0 Å². The van der Waals surface area contributed by atoms with E-state index in [9.17, 15) is 0 Å². The van der Waals surface area contributed by atoms with E-state index < -0.39 is 0 Å². The molecule has 0 saturated carbocycles. The van der Waals surface area contributed by atoms with Crippen molar-refractivity contribution >= 4 is 44.2 Å². The molecule has 8 aromatic carbocycles. The summed E-state index contributed by atoms with van der Waals surface area (Å²) in [5, 5.41) is 5.12. The van der Waals surface area contributed by atoms with E-state index in [-0.39, 0.29) is 10.8 Å². The molecule has 0 radical (unpaired) electrons. The van der Waals surface area contributed by atoms with Crippen molar-refractivity contribution in [1.29, 1.82) is 0 Å². The third kappa shape index (κ3) is 4.95. The first-order valence-corrected chi connectivity index (χ1v) is 20.5. The molecule has 0 spiro atoms. The summed E-state index contributed by atoms with van der Waals surface area (Å²) in [5.74, 6) is 0. The highest BCUT2D eigenvalue weighted by atomic mass is 15.1. The molecular weight excluding hydrogens is 687 g/mol. The topological polar surface area (TPSA) is 3.24 Å². The van der Waals surface area contributed by atoms with Gasteiger partial charge in [-0.2, -0.15) is 0 Å². The second-order valence-electron chi connectivity index (χ2n) is 17.1. The van der Waals surface area contributed by atoms with Gasteiger partial charge in [0.1, 0.15) is 0 Å². The van der Waals surface area contributed by atoms with Gasteiger partial charge in [-0.25, -0.2) is 0 Å². The summed E-state index contributed by atoms with van der Waals surface area (Å²) in [6, 6.07) is 61.3. The van der Waals surface area contributed by atoms with E-state index in [1.165, 1.54) is 99.7 Å². The number of hydrogen-bond donors (Lipinski definition) is 0. The van der Waals surface area contributed by atoms with E-state index in [0.29, 0.717) is 0 Å². The summed E-state index contributed by atoms with van der Waals surface area (Å²) in [6.07, 6.45) is 6.92. The van der Waals surface area contributed by atoms with Crippen LogP contribution in [-0.2, 0) is 10.8 Å². The van der Waals surface area contributed by atoms with Gasteiger partial charge in [0, 0.05) is 22.1 Å². The fourth-order valence-electron chi connectivity index (χ4n) is 10.7. The van der Waals surface area contributed by atoms with Gasteiger partial charge in [-0.05, 0) is 126 Å². The molecule has 0 unspecified atom stereocenters. The van der Waals surface area contributed by atoms with Crippen LogP contribution < -0.4 is 4.90 Å². The van der Waals surface area contributed by atoms with Crippen molar-refractivity contribution < 1.29 is 0 Å². The molecule has 0 N–H and O–H groups in total. The average Bonchev–Trinajstić information content (AvgIpc) is 3.64. The second-order valence-corrected chi connectivity index (χ2v) is 17.1. The molecule has 3 aliphatic rings. The highest BCUT2D eigenvalue weighted by Gasteiger charge is 2.41. The van der Waals surface area contributed by atoms with Crippen LogP contribution in [0.2, 0.25) is 0 Å². The minimum atomic E-state index is -0.189. The van der Waals surface area contributed by atoms with Crippen molar-refractivity contribution in [3.8, 4) is 33.4 Å². The van der Waals surface area contributed by atoms with Gasteiger partial charge >= 0.3 is 0 Å². The molecule has 11 rings (SSSR count). The summed E-state index contributed by atoms with van der Waals surface area (Å²) in [5.41, 5.74) is 19.6. The lowest BCUT2D eigenvalue weighted by molar-refractivity contribution is 0.651. The summed E-state index contributed by atoms with van der Waals surface area (Å²) < 4.78 is 0. The highest BCUT2D eigenvalue weighted by Crippen LogP contribution is 2.57. The molecule has 0 bridgehead atoms. The zero-order chi connectivity index (χ0) is 38.5. The lowest BCUT2D eigenvalue weighted by Crippen LogP contribution is -2.21. The Balaban J connectivity index is 1.15. The molecule has 0 aliphatic heterocycles. The molecule has 0 atom stereocenters. The second kappa shape index (κ2) is 12.5. The SMILES string of the molecule is CC1(C)C2=C(CCC=C2)c2c(-c3ccccc3N(c3ccc(-c4cc5ccccc5c5ccccc45)cc3)c3cccc4c3C(C)(C)c3ccccc3-4)cccc21. The van der Waals surface area contributed by atoms with Crippen LogP contribution in [0.5, 0.6) is 0 Å². The van der Waals surface area contributed by atoms with Gasteiger partial charge in [0.2, 0.25) is 0 Å². The Labute approximate surface area is 336 Å². The van der Waals surface area contributed by atoms with Crippen molar-refractivity contribution in [2.75, 3.05) is 4.90 Å². The largest absolute Gasteiger partial charge is 0.310 e. The summed E-state index contributed by atoms with van der Waals surface area (Å²) >= 11 is 0. The molecule has 8 aromatic rings. The normalized spacial score (nSPS) is 15.7. The molecular formula is C56H45N. The van der Waals surface area contributed by atoms with E-state index >= 15 is 0 Å². The van der Waals surface area contributed by atoms with Crippen LogP contribution in [0.3, 0.4) is 0 Å². The zero-order valence-corrected chi connectivity index (χ0v) is 33.1. The number of hydrogen-bond acceptors (Lipinski definition) is 1. The van der Waals surface area contributed by atoms with E-state index in [2.05, 4.69) is 209 Å². The Morgan fingerprint density at radius 3 is 1.95 bits per heavy atom. The molecule has 1 nitrogen and oxygen atoms in total. The molecule has 0 amide bonds. The van der Waals surface area contributed by atoms with Crippen LogP contribution in [0.4, 0.5) is 17.1 Å². The van der Waals surface area contributed by atoms with Gasteiger partial charge in [0.25, 0.3) is 0 Å². The molecule has 0 heterocycles. The summed E-state index contributed by atoms with van der Waals surface area (Å²) in [6.45, 7) is 9.60. The minimum absolute atomic E-state index is 0.0367. The Bertz CT molecular complexity index is 3010. The summed E-state index contributed by atoms with van der Waals surface area (Å²) in [7, 11) is 0. The predicted molar refractivity (Wildman–Crippen MR) is 243 cm³/mol. The monoisotopic (exact) mass is 731 g/mol.